The minimum atomic E-state index is -4.44. The van der Waals surface area contributed by atoms with E-state index in [2.05, 4.69) is 6.58 Å². The maximum absolute atomic E-state index is 11.3. The fraction of sp³-hybridized carbons (Fsp3) is 0.0769. The predicted octanol–water partition coefficient (Wildman–Crippen LogP) is -0.886. The maximum atomic E-state index is 11.3. The molecule has 1 unspecified atom stereocenters. The molecule has 1 aliphatic carbocycles. The molecule has 0 saturated carbocycles. The van der Waals surface area contributed by atoms with Crippen LogP contribution in [-0.2, 0) is 10.1 Å². The first kappa shape index (κ1) is 15.4. The molecule has 0 aromatic heterocycles. The van der Waals surface area contributed by atoms with Crippen molar-refractivity contribution in [1.29, 1.82) is 0 Å². The largest absolute Gasteiger partial charge is 1.00 e. The normalized spacial score (nSPS) is 19.1. The Kier molecular flexibility index (Phi) is 5.13. The van der Waals surface area contributed by atoms with Gasteiger partial charge in [0.25, 0.3) is 0 Å². The number of benzene rings is 1. The molecule has 1 aliphatic rings. The molecular weight excluding hydrogens is 259 g/mol. The van der Waals surface area contributed by atoms with Crippen molar-refractivity contribution in [1.82, 2.24) is 0 Å². The van der Waals surface area contributed by atoms with E-state index in [0.717, 1.165) is 5.56 Å². The molecule has 1 atom stereocenters. The summed E-state index contributed by atoms with van der Waals surface area (Å²) in [5, 5.41) is -1.19. The molecule has 88 valence electrons. The van der Waals surface area contributed by atoms with E-state index < -0.39 is 15.4 Å². The van der Waals surface area contributed by atoms with Gasteiger partial charge in [-0.1, -0.05) is 55.1 Å². The molecule has 0 spiro atoms. The molecular formula is C13H11NaO3S. The van der Waals surface area contributed by atoms with Gasteiger partial charge in [0, 0.05) is 0 Å². The average molecular weight is 270 g/mol. The van der Waals surface area contributed by atoms with Crippen LogP contribution in [0, 0.1) is 0 Å². The van der Waals surface area contributed by atoms with Gasteiger partial charge in [-0.25, -0.2) is 8.42 Å². The topological polar surface area (TPSA) is 57.2 Å². The average Bonchev–Trinajstić information content (AvgIpc) is 2.28. The number of rotatable bonds is 2. The zero-order chi connectivity index (χ0) is 12.5. The van der Waals surface area contributed by atoms with Gasteiger partial charge in [0.2, 0.25) is 0 Å². The Morgan fingerprint density at radius 1 is 1.17 bits per heavy atom. The second-order valence-corrected chi connectivity index (χ2v) is 5.25. The van der Waals surface area contributed by atoms with Crippen molar-refractivity contribution >= 4 is 15.7 Å². The van der Waals surface area contributed by atoms with Gasteiger partial charge in [0.15, 0.2) is 0 Å². The molecule has 0 radical (unpaired) electrons. The van der Waals surface area contributed by atoms with E-state index in [4.69, 9.17) is 0 Å². The Bertz CT molecular complexity index is 600. The zero-order valence-electron chi connectivity index (χ0n) is 10.0. The first-order valence-electron chi connectivity index (χ1n) is 5.07. The first-order valence-corrected chi connectivity index (χ1v) is 6.54. The van der Waals surface area contributed by atoms with Crippen LogP contribution in [0.15, 0.2) is 60.7 Å². The predicted molar refractivity (Wildman–Crippen MR) is 66.2 cm³/mol. The van der Waals surface area contributed by atoms with Crippen LogP contribution >= 0.6 is 0 Å². The van der Waals surface area contributed by atoms with Crippen molar-refractivity contribution in [3.8, 4) is 0 Å². The van der Waals surface area contributed by atoms with E-state index in [-0.39, 0.29) is 29.6 Å². The summed E-state index contributed by atoms with van der Waals surface area (Å²) >= 11 is 0. The third-order valence-corrected chi connectivity index (χ3v) is 3.74. The van der Waals surface area contributed by atoms with Crippen LogP contribution in [0.25, 0.3) is 5.57 Å². The van der Waals surface area contributed by atoms with Crippen LogP contribution in [0.3, 0.4) is 0 Å². The summed E-state index contributed by atoms with van der Waals surface area (Å²) in [6, 6.07) is 8.97. The smallest absolute Gasteiger partial charge is 0.747 e. The van der Waals surface area contributed by atoms with E-state index in [9.17, 15) is 13.0 Å². The minimum Gasteiger partial charge on any atom is -0.747 e. The molecule has 1 aromatic rings. The van der Waals surface area contributed by atoms with E-state index in [1.54, 1.807) is 42.5 Å². The molecule has 2 rings (SSSR count). The Morgan fingerprint density at radius 2 is 1.78 bits per heavy atom. The molecule has 0 aliphatic heterocycles. The molecule has 0 fully saturated rings. The Hall–Kier alpha value is -0.650. The van der Waals surface area contributed by atoms with Crippen molar-refractivity contribution < 1.29 is 42.5 Å². The van der Waals surface area contributed by atoms with E-state index in [0.29, 0.717) is 11.1 Å². The fourth-order valence-electron chi connectivity index (χ4n) is 1.87. The summed E-state index contributed by atoms with van der Waals surface area (Å²) < 4.78 is 33.9. The van der Waals surface area contributed by atoms with Crippen LogP contribution in [0.1, 0.15) is 5.56 Å². The standard InChI is InChI=1S/C13H12O3S.Na/c1-10-6-5-9-12(13(10)17(14,15)16)11-7-3-2-4-8-11;/h2-9,13H,1H2,(H,14,15,16);/q;+1/p-1. The molecule has 18 heavy (non-hydrogen) atoms. The first-order chi connectivity index (χ1) is 8.00. The van der Waals surface area contributed by atoms with Gasteiger partial charge in [-0.3, -0.25) is 0 Å². The maximum Gasteiger partial charge on any atom is 1.00 e. The van der Waals surface area contributed by atoms with E-state index >= 15 is 0 Å². The third-order valence-electron chi connectivity index (χ3n) is 2.60. The third kappa shape index (κ3) is 3.22. The number of hydrogen-bond acceptors (Lipinski definition) is 3. The van der Waals surface area contributed by atoms with Gasteiger partial charge < -0.3 is 4.55 Å². The van der Waals surface area contributed by atoms with E-state index in [1.165, 1.54) is 0 Å². The fourth-order valence-corrected chi connectivity index (χ4v) is 2.84. The van der Waals surface area contributed by atoms with Gasteiger partial charge in [0.05, 0.1) is 5.25 Å². The summed E-state index contributed by atoms with van der Waals surface area (Å²) in [4.78, 5) is 0. The van der Waals surface area contributed by atoms with Gasteiger partial charge in [-0.2, -0.15) is 0 Å². The Morgan fingerprint density at radius 3 is 2.33 bits per heavy atom. The van der Waals surface area contributed by atoms with Crippen LogP contribution in [0.5, 0.6) is 0 Å². The van der Waals surface area contributed by atoms with Crippen molar-refractivity contribution in [2.45, 2.75) is 5.25 Å². The van der Waals surface area contributed by atoms with Gasteiger partial charge >= 0.3 is 29.6 Å². The molecule has 0 N–H and O–H groups in total. The Labute approximate surface area is 129 Å². The minimum absolute atomic E-state index is 0. The van der Waals surface area contributed by atoms with Gasteiger partial charge in [-0.05, 0) is 16.7 Å². The summed E-state index contributed by atoms with van der Waals surface area (Å²) in [5.41, 5.74) is 1.51. The molecule has 0 amide bonds. The quantitative estimate of drug-likeness (QED) is 0.518. The molecule has 0 saturated heterocycles. The molecule has 5 heteroatoms. The van der Waals surface area contributed by atoms with Crippen LogP contribution in [0.2, 0.25) is 0 Å². The number of allylic oxidation sites excluding steroid dienone is 3. The molecule has 1 aromatic carbocycles. The zero-order valence-corrected chi connectivity index (χ0v) is 12.9. The molecule has 0 heterocycles. The van der Waals surface area contributed by atoms with Crippen LogP contribution < -0.4 is 29.6 Å². The summed E-state index contributed by atoms with van der Waals surface area (Å²) in [5.74, 6) is 0. The summed E-state index contributed by atoms with van der Waals surface area (Å²) in [6.07, 6.45) is 4.89. The Balaban J connectivity index is 0.00000162. The molecule has 0 bridgehead atoms. The van der Waals surface area contributed by atoms with E-state index in [1.807, 2.05) is 6.07 Å². The molecule has 3 nitrogen and oxygen atoms in total. The monoisotopic (exact) mass is 270 g/mol. The van der Waals surface area contributed by atoms with Crippen molar-refractivity contribution in [3.63, 3.8) is 0 Å². The van der Waals surface area contributed by atoms with Gasteiger partial charge in [0.1, 0.15) is 10.1 Å². The second-order valence-electron chi connectivity index (χ2n) is 3.79. The summed E-state index contributed by atoms with van der Waals surface area (Å²) in [7, 11) is -4.44. The summed E-state index contributed by atoms with van der Waals surface area (Å²) in [6.45, 7) is 3.63. The van der Waals surface area contributed by atoms with Crippen molar-refractivity contribution in [3.05, 3.63) is 66.3 Å². The van der Waals surface area contributed by atoms with Crippen LogP contribution in [-0.4, -0.2) is 18.2 Å². The number of hydrogen-bond donors (Lipinski definition) is 0. The van der Waals surface area contributed by atoms with Crippen molar-refractivity contribution in [2.24, 2.45) is 0 Å². The SMILES string of the molecule is C=C1C=CC=C(c2ccccc2)C1S(=O)(=O)[O-].[Na+]. The van der Waals surface area contributed by atoms with Crippen LogP contribution in [0.4, 0.5) is 0 Å². The van der Waals surface area contributed by atoms with Crippen molar-refractivity contribution in [2.75, 3.05) is 0 Å². The van der Waals surface area contributed by atoms with Gasteiger partial charge in [-0.15, -0.1) is 0 Å². The second kappa shape index (κ2) is 5.99.